The zero-order valence-electron chi connectivity index (χ0n) is 10.9. The Labute approximate surface area is 111 Å². The topological polar surface area (TPSA) is 12.0 Å². The van der Waals surface area contributed by atoms with Gasteiger partial charge >= 0.3 is 6.18 Å². The third kappa shape index (κ3) is 3.38. The lowest BCUT2D eigenvalue weighted by atomic mass is 9.97. The highest BCUT2D eigenvalue weighted by molar-refractivity contribution is 5.33. The predicted molar refractivity (Wildman–Crippen MR) is 69.8 cm³/mol. The summed E-state index contributed by atoms with van der Waals surface area (Å²) in [7, 11) is 0. The Morgan fingerprint density at radius 3 is 2.37 bits per heavy atom. The Hall–Kier alpha value is -1.29. The van der Waals surface area contributed by atoms with Crippen LogP contribution in [0.25, 0.3) is 0 Å². The third-order valence-corrected chi connectivity index (χ3v) is 3.43. The first-order valence-electron chi connectivity index (χ1n) is 6.62. The largest absolute Gasteiger partial charge is 0.416 e. The van der Waals surface area contributed by atoms with Gasteiger partial charge in [-0.1, -0.05) is 30.7 Å². The van der Waals surface area contributed by atoms with Gasteiger partial charge in [-0.3, -0.25) is 0 Å². The number of likely N-dealkylation sites (N-methyl/N-ethyl adjacent to an activating group) is 1. The molecule has 2 rings (SSSR count). The van der Waals surface area contributed by atoms with Crippen molar-refractivity contribution in [3.63, 3.8) is 0 Å². The second-order valence-electron chi connectivity index (χ2n) is 4.78. The van der Waals surface area contributed by atoms with Gasteiger partial charge in [0.25, 0.3) is 0 Å². The number of halogens is 3. The van der Waals surface area contributed by atoms with Crippen molar-refractivity contribution in [2.24, 2.45) is 0 Å². The van der Waals surface area contributed by atoms with Gasteiger partial charge in [-0.15, -0.1) is 0 Å². The molecule has 1 aliphatic carbocycles. The molecule has 0 amide bonds. The van der Waals surface area contributed by atoms with E-state index in [1.807, 2.05) is 6.92 Å². The van der Waals surface area contributed by atoms with E-state index < -0.39 is 11.7 Å². The minimum absolute atomic E-state index is 0.0507. The molecule has 1 aliphatic rings. The maximum atomic E-state index is 12.5. The minimum atomic E-state index is -4.27. The highest BCUT2D eigenvalue weighted by atomic mass is 19.4. The summed E-state index contributed by atoms with van der Waals surface area (Å²) in [5, 5.41) is 3.35. The molecule has 0 bridgehead atoms. The lowest BCUT2D eigenvalue weighted by Crippen LogP contribution is -2.22. The zero-order chi connectivity index (χ0) is 13.9. The van der Waals surface area contributed by atoms with Crippen LogP contribution in [-0.4, -0.2) is 6.54 Å². The van der Waals surface area contributed by atoms with E-state index in [0.29, 0.717) is 0 Å². The normalized spacial score (nSPS) is 17.4. The van der Waals surface area contributed by atoms with Crippen LogP contribution in [0.1, 0.15) is 43.4 Å². The van der Waals surface area contributed by atoms with E-state index in [1.54, 1.807) is 12.1 Å². The summed E-state index contributed by atoms with van der Waals surface area (Å²) in [6.07, 6.45) is 1.16. The molecule has 1 N–H and O–H groups in total. The number of nitrogens with one attached hydrogen (secondary N) is 1. The van der Waals surface area contributed by atoms with Gasteiger partial charge in [-0.25, -0.2) is 0 Å². The van der Waals surface area contributed by atoms with Crippen LogP contribution < -0.4 is 5.32 Å². The van der Waals surface area contributed by atoms with Crippen molar-refractivity contribution in [2.75, 3.05) is 6.54 Å². The fraction of sp³-hybridized carbons (Fsp3) is 0.467. The molecule has 1 unspecified atom stereocenters. The predicted octanol–water partition coefficient (Wildman–Crippen LogP) is 4.47. The summed E-state index contributed by atoms with van der Waals surface area (Å²) in [5.41, 5.74) is 1.61. The van der Waals surface area contributed by atoms with Gasteiger partial charge < -0.3 is 5.32 Å². The molecule has 19 heavy (non-hydrogen) atoms. The molecule has 104 valence electrons. The van der Waals surface area contributed by atoms with E-state index in [0.717, 1.165) is 43.5 Å². The second kappa shape index (κ2) is 5.78. The number of alkyl halides is 3. The minimum Gasteiger partial charge on any atom is -0.307 e. The molecule has 0 heterocycles. The maximum Gasteiger partial charge on any atom is 0.416 e. The van der Waals surface area contributed by atoms with E-state index in [4.69, 9.17) is 0 Å². The fourth-order valence-electron chi connectivity index (χ4n) is 2.49. The van der Waals surface area contributed by atoms with Crippen LogP contribution in [-0.2, 0) is 6.18 Å². The zero-order valence-corrected chi connectivity index (χ0v) is 10.9. The van der Waals surface area contributed by atoms with Crippen molar-refractivity contribution >= 4 is 0 Å². The van der Waals surface area contributed by atoms with Crippen LogP contribution in [0, 0.1) is 0 Å². The molecule has 0 radical (unpaired) electrons. The van der Waals surface area contributed by atoms with Crippen molar-refractivity contribution < 1.29 is 13.2 Å². The highest BCUT2D eigenvalue weighted by Crippen LogP contribution is 2.33. The lowest BCUT2D eigenvalue weighted by molar-refractivity contribution is -0.137. The molecule has 0 fully saturated rings. The van der Waals surface area contributed by atoms with E-state index in [-0.39, 0.29) is 6.04 Å². The van der Waals surface area contributed by atoms with Crippen molar-refractivity contribution in [1.29, 1.82) is 0 Å². The second-order valence-corrected chi connectivity index (χ2v) is 4.78. The molecule has 0 aromatic heterocycles. The van der Waals surface area contributed by atoms with Crippen molar-refractivity contribution in [3.05, 3.63) is 47.0 Å². The van der Waals surface area contributed by atoms with Gasteiger partial charge in [0.2, 0.25) is 0 Å². The molecular formula is C15H18F3N. The summed E-state index contributed by atoms with van der Waals surface area (Å²) in [6, 6.07) is 5.53. The summed E-state index contributed by atoms with van der Waals surface area (Å²) in [5.74, 6) is 0. The number of benzene rings is 1. The number of allylic oxidation sites excluding steroid dienone is 1. The van der Waals surface area contributed by atoms with E-state index in [2.05, 4.69) is 11.4 Å². The van der Waals surface area contributed by atoms with Crippen molar-refractivity contribution in [2.45, 2.75) is 38.4 Å². The average molecular weight is 269 g/mol. The maximum absolute atomic E-state index is 12.5. The molecule has 1 nitrogen and oxygen atoms in total. The summed E-state index contributed by atoms with van der Waals surface area (Å²) >= 11 is 0. The first-order valence-corrected chi connectivity index (χ1v) is 6.62. The number of hydrogen-bond donors (Lipinski definition) is 1. The molecule has 1 aromatic rings. The number of rotatable bonds is 4. The molecule has 1 aromatic carbocycles. The van der Waals surface area contributed by atoms with Crippen molar-refractivity contribution in [1.82, 2.24) is 5.32 Å². The Morgan fingerprint density at radius 2 is 1.89 bits per heavy atom. The van der Waals surface area contributed by atoms with Crippen LogP contribution >= 0.6 is 0 Å². The summed E-state index contributed by atoms with van der Waals surface area (Å²) in [4.78, 5) is 0. The molecule has 0 aliphatic heterocycles. The van der Waals surface area contributed by atoms with Gasteiger partial charge in [-0.05, 0) is 43.5 Å². The molecule has 0 saturated heterocycles. The van der Waals surface area contributed by atoms with Gasteiger partial charge in [0.1, 0.15) is 0 Å². The van der Waals surface area contributed by atoms with Crippen LogP contribution in [0.5, 0.6) is 0 Å². The monoisotopic (exact) mass is 269 g/mol. The molecule has 1 atom stereocenters. The van der Waals surface area contributed by atoms with Crippen LogP contribution in [0.4, 0.5) is 13.2 Å². The van der Waals surface area contributed by atoms with Gasteiger partial charge in [-0.2, -0.15) is 13.2 Å². The van der Waals surface area contributed by atoms with Crippen molar-refractivity contribution in [3.8, 4) is 0 Å². The lowest BCUT2D eigenvalue weighted by Gasteiger charge is -2.20. The van der Waals surface area contributed by atoms with E-state index in [9.17, 15) is 13.2 Å². The standard InChI is InChI=1S/C15H18F3N/c1-2-19-14(11-5-3-4-6-11)12-7-9-13(10-8-12)15(16,17)18/h5,7-10,14,19H,2-4,6H2,1H3. The summed E-state index contributed by atoms with van der Waals surface area (Å²) < 4.78 is 37.6. The fourth-order valence-corrected chi connectivity index (χ4v) is 2.49. The Kier molecular flexibility index (Phi) is 4.30. The van der Waals surface area contributed by atoms with Crippen LogP contribution in [0.15, 0.2) is 35.9 Å². The summed E-state index contributed by atoms with van der Waals surface area (Å²) in [6.45, 7) is 2.80. The van der Waals surface area contributed by atoms with E-state index in [1.165, 1.54) is 5.57 Å². The van der Waals surface area contributed by atoms with Gasteiger partial charge in [0, 0.05) is 0 Å². The Morgan fingerprint density at radius 1 is 1.21 bits per heavy atom. The smallest absolute Gasteiger partial charge is 0.307 e. The third-order valence-electron chi connectivity index (χ3n) is 3.43. The Bertz CT molecular complexity index is 445. The Balaban J connectivity index is 2.22. The molecule has 0 saturated carbocycles. The quantitative estimate of drug-likeness (QED) is 0.795. The van der Waals surface area contributed by atoms with E-state index >= 15 is 0 Å². The molecule has 4 heteroatoms. The SMILES string of the molecule is CCNC(C1=CCCC1)c1ccc(C(F)(F)F)cc1. The number of hydrogen-bond acceptors (Lipinski definition) is 1. The first kappa shape index (κ1) is 14.1. The van der Waals surface area contributed by atoms with Gasteiger partial charge in [0.05, 0.1) is 11.6 Å². The van der Waals surface area contributed by atoms with Crippen LogP contribution in [0.3, 0.4) is 0 Å². The van der Waals surface area contributed by atoms with Crippen LogP contribution in [0.2, 0.25) is 0 Å². The first-order chi connectivity index (χ1) is 9.02. The average Bonchev–Trinajstić information content (AvgIpc) is 2.89. The molecular weight excluding hydrogens is 251 g/mol. The van der Waals surface area contributed by atoms with Gasteiger partial charge in [0.15, 0.2) is 0 Å². The molecule has 0 spiro atoms. The highest BCUT2D eigenvalue weighted by Gasteiger charge is 2.30.